The molecule has 1 fully saturated rings. The highest BCUT2D eigenvalue weighted by atomic mass is 16.2. The van der Waals surface area contributed by atoms with Crippen LogP contribution in [0.25, 0.3) is 0 Å². The molecule has 0 radical (unpaired) electrons. The van der Waals surface area contributed by atoms with Crippen LogP contribution < -0.4 is 10.6 Å². The third-order valence-corrected chi connectivity index (χ3v) is 4.65. The first-order valence-electron chi connectivity index (χ1n) is 7.91. The average Bonchev–Trinajstić information content (AvgIpc) is 2.46. The van der Waals surface area contributed by atoms with E-state index in [1.54, 1.807) is 0 Å². The fourth-order valence-electron chi connectivity index (χ4n) is 3.37. The predicted molar refractivity (Wildman–Crippen MR) is 85.7 cm³/mol. The molecule has 5 nitrogen and oxygen atoms in total. The largest absolute Gasteiger partial charge is 0.362 e. The number of carbonyl (C=O) groups is 2. The minimum absolute atomic E-state index is 0.0181. The lowest BCUT2D eigenvalue weighted by Gasteiger charge is -2.46. The summed E-state index contributed by atoms with van der Waals surface area (Å²) >= 11 is 0. The third-order valence-electron chi connectivity index (χ3n) is 4.65. The molecule has 2 heterocycles. The minimum Gasteiger partial charge on any atom is -0.362 e. The number of amides is 2. The first-order chi connectivity index (χ1) is 10.4. The number of hydrogen-bond acceptors (Lipinski definition) is 3. The maximum atomic E-state index is 12.5. The number of aryl methyl sites for hydroxylation is 1. The number of nitrogens with one attached hydrogen (secondary N) is 2. The van der Waals surface area contributed by atoms with Crippen LogP contribution in [0.2, 0.25) is 0 Å². The molecule has 22 heavy (non-hydrogen) atoms. The Morgan fingerprint density at radius 3 is 2.55 bits per heavy atom. The molecule has 0 unspecified atom stereocenters. The van der Waals surface area contributed by atoms with E-state index in [2.05, 4.69) is 10.6 Å². The molecule has 0 atom stereocenters. The maximum absolute atomic E-state index is 12.5. The highest BCUT2D eigenvalue weighted by Gasteiger charge is 2.41. The Hall–Kier alpha value is -2.04. The molecule has 118 valence electrons. The minimum atomic E-state index is -0.425. The Labute approximate surface area is 131 Å². The van der Waals surface area contributed by atoms with Crippen LogP contribution in [-0.2, 0) is 4.79 Å². The van der Waals surface area contributed by atoms with Crippen molar-refractivity contribution in [2.24, 2.45) is 5.92 Å². The van der Waals surface area contributed by atoms with Gasteiger partial charge in [0.25, 0.3) is 5.91 Å². The number of nitrogens with zero attached hydrogens (tertiary/aromatic N) is 1. The lowest BCUT2D eigenvalue weighted by Crippen LogP contribution is -2.63. The van der Waals surface area contributed by atoms with Crippen molar-refractivity contribution in [3.63, 3.8) is 0 Å². The SMILES string of the molecule is Cc1cccc2c1C(=O)NC1(CCN(C(=O)C(C)C)CC1)N2. The number of likely N-dealkylation sites (tertiary alicyclic amines) is 1. The quantitative estimate of drug-likeness (QED) is 0.835. The molecule has 2 amide bonds. The summed E-state index contributed by atoms with van der Waals surface area (Å²) in [4.78, 5) is 26.5. The van der Waals surface area contributed by atoms with E-state index in [9.17, 15) is 9.59 Å². The molecule has 1 aromatic carbocycles. The number of hydrogen-bond donors (Lipinski definition) is 2. The summed E-state index contributed by atoms with van der Waals surface area (Å²) in [5, 5.41) is 6.63. The summed E-state index contributed by atoms with van der Waals surface area (Å²) in [6.07, 6.45) is 1.45. The zero-order valence-electron chi connectivity index (χ0n) is 13.4. The summed E-state index contributed by atoms with van der Waals surface area (Å²) < 4.78 is 0. The standard InChI is InChI=1S/C17H23N3O2/c1-11(2)16(22)20-9-7-17(8-10-20)18-13-6-4-5-12(3)14(13)15(21)19-17/h4-6,11,18H,7-10H2,1-3H3,(H,19,21). The molecule has 5 heteroatoms. The van der Waals surface area contributed by atoms with Crippen LogP contribution in [0.4, 0.5) is 5.69 Å². The topological polar surface area (TPSA) is 61.4 Å². The van der Waals surface area contributed by atoms with E-state index in [0.29, 0.717) is 13.1 Å². The number of benzene rings is 1. The molecule has 2 aliphatic heterocycles. The molecule has 2 N–H and O–H groups in total. The number of carbonyl (C=O) groups excluding carboxylic acids is 2. The van der Waals surface area contributed by atoms with Crippen LogP contribution in [0.15, 0.2) is 18.2 Å². The molecular weight excluding hydrogens is 278 g/mol. The second-order valence-corrected chi connectivity index (χ2v) is 6.64. The van der Waals surface area contributed by atoms with Crippen molar-refractivity contribution in [1.29, 1.82) is 0 Å². The van der Waals surface area contributed by atoms with Crippen molar-refractivity contribution in [2.75, 3.05) is 18.4 Å². The van der Waals surface area contributed by atoms with Crippen molar-refractivity contribution < 1.29 is 9.59 Å². The molecule has 0 aromatic heterocycles. The summed E-state index contributed by atoms with van der Waals surface area (Å²) in [7, 11) is 0. The van der Waals surface area contributed by atoms with E-state index in [4.69, 9.17) is 0 Å². The van der Waals surface area contributed by atoms with Crippen LogP contribution in [0.1, 0.15) is 42.6 Å². The molecule has 0 saturated carbocycles. The molecular formula is C17H23N3O2. The van der Waals surface area contributed by atoms with Gasteiger partial charge >= 0.3 is 0 Å². The van der Waals surface area contributed by atoms with Gasteiger partial charge in [-0.2, -0.15) is 0 Å². The monoisotopic (exact) mass is 301 g/mol. The number of fused-ring (bicyclic) bond motifs is 1. The van der Waals surface area contributed by atoms with Crippen molar-refractivity contribution in [1.82, 2.24) is 10.2 Å². The van der Waals surface area contributed by atoms with Crippen LogP contribution >= 0.6 is 0 Å². The van der Waals surface area contributed by atoms with Gasteiger partial charge in [0.05, 0.1) is 5.56 Å². The van der Waals surface area contributed by atoms with Gasteiger partial charge in [0, 0.05) is 37.5 Å². The Bertz CT molecular complexity index is 616. The third kappa shape index (κ3) is 2.45. The zero-order valence-corrected chi connectivity index (χ0v) is 13.4. The molecule has 1 spiro atoms. The van der Waals surface area contributed by atoms with E-state index in [-0.39, 0.29) is 17.7 Å². The molecule has 1 aromatic rings. The van der Waals surface area contributed by atoms with E-state index in [1.165, 1.54) is 0 Å². The Balaban J connectivity index is 1.78. The van der Waals surface area contributed by atoms with Crippen molar-refractivity contribution in [3.05, 3.63) is 29.3 Å². The maximum Gasteiger partial charge on any atom is 0.255 e. The van der Waals surface area contributed by atoms with Gasteiger partial charge in [0.1, 0.15) is 5.66 Å². The molecule has 2 aliphatic rings. The van der Waals surface area contributed by atoms with E-state index < -0.39 is 5.66 Å². The number of piperidine rings is 1. The van der Waals surface area contributed by atoms with Gasteiger partial charge in [-0.1, -0.05) is 26.0 Å². The summed E-state index contributed by atoms with van der Waals surface area (Å²) in [5.74, 6) is 0.190. The zero-order chi connectivity index (χ0) is 15.9. The van der Waals surface area contributed by atoms with E-state index in [1.807, 2.05) is 43.9 Å². The second kappa shape index (κ2) is 5.30. The molecule has 1 saturated heterocycles. The summed E-state index contributed by atoms with van der Waals surface area (Å²) in [5.41, 5.74) is 2.18. The van der Waals surface area contributed by atoms with Gasteiger partial charge in [-0.05, 0) is 18.6 Å². The number of anilines is 1. The van der Waals surface area contributed by atoms with E-state index >= 15 is 0 Å². The highest BCUT2D eigenvalue weighted by molar-refractivity contribution is 6.03. The highest BCUT2D eigenvalue weighted by Crippen LogP contribution is 2.32. The van der Waals surface area contributed by atoms with Gasteiger partial charge < -0.3 is 15.5 Å². The second-order valence-electron chi connectivity index (χ2n) is 6.64. The lowest BCUT2D eigenvalue weighted by molar-refractivity contribution is -0.136. The Morgan fingerprint density at radius 2 is 1.91 bits per heavy atom. The summed E-state index contributed by atoms with van der Waals surface area (Å²) in [6, 6.07) is 5.86. The van der Waals surface area contributed by atoms with Gasteiger partial charge in [0.15, 0.2) is 0 Å². The molecule has 3 rings (SSSR count). The molecule has 0 aliphatic carbocycles. The van der Waals surface area contributed by atoms with Crippen LogP contribution in [0.3, 0.4) is 0 Å². The molecule has 0 bridgehead atoms. The fourth-order valence-corrected chi connectivity index (χ4v) is 3.37. The average molecular weight is 301 g/mol. The smallest absolute Gasteiger partial charge is 0.255 e. The lowest BCUT2D eigenvalue weighted by atomic mass is 9.91. The first kappa shape index (κ1) is 14.9. The first-order valence-corrected chi connectivity index (χ1v) is 7.91. The van der Waals surface area contributed by atoms with Gasteiger partial charge in [-0.25, -0.2) is 0 Å². The van der Waals surface area contributed by atoms with Crippen LogP contribution in [0.5, 0.6) is 0 Å². The van der Waals surface area contributed by atoms with Crippen molar-refractivity contribution in [2.45, 2.75) is 39.3 Å². The van der Waals surface area contributed by atoms with Crippen molar-refractivity contribution in [3.8, 4) is 0 Å². The fraction of sp³-hybridized carbons (Fsp3) is 0.529. The number of rotatable bonds is 1. The van der Waals surface area contributed by atoms with Gasteiger partial charge in [-0.3, -0.25) is 9.59 Å². The van der Waals surface area contributed by atoms with Crippen molar-refractivity contribution >= 4 is 17.5 Å². The van der Waals surface area contributed by atoms with Crippen LogP contribution in [-0.4, -0.2) is 35.5 Å². The summed E-state index contributed by atoms with van der Waals surface area (Å²) in [6.45, 7) is 7.14. The normalized spacial score (nSPS) is 19.6. The predicted octanol–water partition coefficient (Wildman–Crippen LogP) is 2.13. The van der Waals surface area contributed by atoms with Gasteiger partial charge in [0.2, 0.25) is 5.91 Å². The Kier molecular flexibility index (Phi) is 3.59. The van der Waals surface area contributed by atoms with E-state index in [0.717, 1.165) is 29.7 Å². The van der Waals surface area contributed by atoms with Crippen LogP contribution in [0, 0.1) is 12.8 Å². The van der Waals surface area contributed by atoms with Gasteiger partial charge in [-0.15, -0.1) is 0 Å². The Morgan fingerprint density at radius 1 is 1.23 bits per heavy atom.